The van der Waals surface area contributed by atoms with Crippen LogP contribution in [0.25, 0.3) is 0 Å². The van der Waals surface area contributed by atoms with Crippen LogP contribution in [0.15, 0.2) is 51.4 Å². The Bertz CT molecular complexity index is 850. The van der Waals surface area contributed by atoms with Gasteiger partial charge in [-0.05, 0) is 51.2 Å². The molecule has 2 aromatic rings. The molecule has 2 aromatic carbocycles. The zero-order valence-corrected chi connectivity index (χ0v) is 19.0. The zero-order valence-electron chi connectivity index (χ0n) is 15.8. The van der Waals surface area contributed by atoms with E-state index in [1.807, 2.05) is 30.3 Å². The van der Waals surface area contributed by atoms with E-state index in [2.05, 4.69) is 63.5 Å². The number of rotatable bonds is 6. The van der Waals surface area contributed by atoms with Crippen LogP contribution >= 0.6 is 31.9 Å². The normalized spacial score (nSPS) is 10.9. The number of para-hydroxylation sites is 1. The van der Waals surface area contributed by atoms with Crippen molar-refractivity contribution in [1.82, 2.24) is 10.9 Å². The van der Waals surface area contributed by atoms with Crippen molar-refractivity contribution < 1.29 is 19.1 Å². The van der Waals surface area contributed by atoms with E-state index in [4.69, 9.17) is 9.47 Å². The molecule has 0 saturated carbocycles. The summed E-state index contributed by atoms with van der Waals surface area (Å²) in [4.78, 5) is 23.8. The Hall–Kier alpha value is -2.06. The Morgan fingerprint density at radius 2 is 1.46 bits per heavy atom. The maximum Gasteiger partial charge on any atom is 0.276 e. The first kappa shape index (κ1) is 22.2. The summed E-state index contributed by atoms with van der Waals surface area (Å²) in [5, 5.41) is 0. The van der Waals surface area contributed by atoms with Crippen LogP contribution < -0.4 is 20.3 Å². The molecule has 2 N–H and O–H groups in total. The Labute approximate surface area is 181 Å². The van der Waals surface area contributed by atoms with Gasteiger partial charge in [0.05, 0.1) is 4.47 Å². The van der Waals surface area contributed by atoms with Crippen molar-refractivity contribution in [1.29, 1.82) is 0 Å². The van der Waals surface area contributed by atoms with Crippen molar-refractivity contribution in [2.24, 2.45) is 0 Å². The average Bonchev–Trinajstić information content (AvgIpc) is 2.63. The maximum absolute atomic E-state index is 11.9. The van der Waals surface area contributed by atoms with Gasteiger partial charge in [-0.3, -0.25) is 20.4 Å². The zero-order chi connectivity index (χ0) is 20.7. The van der Waals surface area contributed by atoms with Gasteiger partial charge in [0.25, 0.3) is 11.8 Å². The highest BCUT2D eigenvalue weighted by atomic mass is 79.9. The van der Waals surface area contributed by atoms with E-state index >= 15 is 0 Å². The summed E-state index contributed by atoms with van der Waals surface area (Å²) in [5.74, 6) is 0.201. The minimum atomic E-state index is -0.488. The van der Waals surface area contributed by atoms with Gasteiger partial charge >= 0.3 is 0 Å². The highest BCUT2D eigenvalue weighted by Crippen LogP contribution is 2.31. The number of halogens is 2. The molecule has 0 saturated heterocycles. The molecular formula is C20H22Br2N2O4. The molecule has 0 atom stereocenters. The van der Waals surface area contributed by atoms with Crippen LogP contribution in [0.4, 0.5) is 0 Å². The lowest BCUT2D eigenvalue weighted by molar-refractivity contribution is -0.131. The molecule has 0 aliphatic rings. The fraction of sp³-hybridized carbons (Fsp3) is 0.300. The van der Waals surface area contributed by atoms with Gasteiger partial charge in [0.1, 0.15) is 11.5 Å². The lowest BCUT2D eigenvalue weighted by Gasteiger charge is -2.22. The number of hydrogen-bond donors (Lipinski definition) is 2. The highest BCUT2D eigenvalue weighted by Gasteiger charge is 2.19. The van der Waals surface area contributed by atoms with E-state index in [1.165, 1.54) is 0 Å². The molecule has 0 aromatic heterocycles. The molecule has 150 valence electrons. The standard InChI is InChI=1S/C20H22Br2N2O4/c1-20(2,3)14-6-4-5-7-16(14)27-11-18(25)23-24-19(26)12-28-17-9-8-13(21)10-15(17)22/h4-10H,11-12H2,1-3H3,(H,23,25)(H,24,26). The monoisotopic (exact) mass is 512 g/mol. The third-order valence-corrected chi connectivity index (χ3v) is 4.76. The SMILES string of the molecule is CC(C)(C)c1ccccc1OCC(=O)NNC(=O)COc1ccc(Br)cc1Br. The van der Waals surface area contributed by atoms with Crippen LogP contribution in [0, 0.1) is 0 Å². The summed E-state index contributed by atoms with van der Waals surface area (Å²) in [7, 11) is 0. The second-order valence-corrected chi connectivity index (χ2v) is 8.76. The first-order valence-electron chi connectivity index (χ1n) is 8.54. The molecule has 2 rings (SSSR count). The number of hydrazine groups is 1. The number of amides is 2. The van der Waals surface area contributed by atoms with Crippen molar-refractivity contribution in [3.05, 3.63) is 57.0 Å². The van der Waals surface area contributed by atoms with Crippen molar-refractivity contribution in [2.75, 3.05) is 13.2 Å². The largest absolute Gasteiger partial charge is 0.483 e. The Morgan fingerprint density at radius 1 is 0.893 bits per heavy atom. The van der Waals surface area contributed by atoms with Gasteiger partial charge in [0.2, 0.25) is 0 Å². The number of nitrogens with one attached hydrogen (secondary N) is 2. The molecular weight excluding hydrogens is 492 g/mol. The fourth-order valence-electron chi connectivity index (χ4n) is 2.30. The summed E-state index contributed by atoms with van der Waals surface area (Å²) >= 11 is 6.69. The van der Waals surface area contributed by atoms with Crippen LogP contribution in [0.1, 0.15) is 26.3 Å². The van der Waals surface area contributed by atoms with E-state index in [0.29, 0.717) is 16.0 Å². The second kappa shape index (κ2) is 9.93. The first-order chi connectivity index (χ1) is 13.2. The average molecular weight is 514 g/mol. The molecule has 0 unspecified atom stereocenters. The molecule has 0 aliphatic carbocycles. The Balaban J connectivity index is 1.77. The van der Waals surface area contributed by atoms with Crippen molar-refractivity contribution >= 4 is 43.7 Å². The predicted octanol–water partition coefficient (Wildman–Crippen LogP) is 4.11. The molecule has 0 bridgehead atoms. The van der Waals surface area contributed by atoms with Gasteiger partial charge in [-0.1, -0.05) is 54.9 Å². The summed E-state index contributed by atoms with van der Waals surface area (Å²) in [6, 6.07) is 12.9. The van der Waals surface area contributed by atoms with Gasteiger partial charge in [0, 0.05) is 4.47 Å². The minimum absolute atomic E-state index is 0.111. The minimum Gasteiger partial charge on any atom is -0.483 e. The van der Waals surface area contributed by atoms with Gasteiger partial charge in [0.15, 0.2) is 13.2 Å². The molecule has 28 heavy (non-hydrogen) atoms. The van der Waals surface area contributed by atoms with Crippen molar-refractivity contribution in [3.8, 4) is 11.5 Å². The smallest absolute Gasteiger partial charge is 0.276 e. The van der Waals surface area contributed by atoms with E-state index in [0.717, 1.165) is 10.0 Å². The van der Waals surface area contributed by atoms with Gasteiger partial charge < -0.3 is 9.47 Å². The number of carbonyl (C=O) groups is 2. The number of carbonyl (C=O) groups excluding carboxylic acids is 2. The van der Waals surface area contributed by atoms with Gasteiger partial charge in [-0.2, -0.15) is 0 Å². The van der Waals surface area contributed by atoms with Crippen LogP contribution in [-0.2, 0) is 15.0 Å². The molecule has 0 radical (unpaired) electrons. The topological polar surface area (TPSA) is 76.7 Å². The lowest BCUT2D eigenvalue weighted by atomic mass is 9.86. The number of benzene rings is 2. The fourth-order valence-corrected chi connectivity index (χ4v) is 3.46. The van der Waals surface area contributed by atoms with E-state index < -0.39 is 11.8 Å². The van der Waals surface area contributed by atoms with Gasteiger partial charge in [-0.25, -0.2) is 0 Å². The van der Waals surface area contributed by atoms with Crippen molar-refractivity contribution in [2.45, 2.75) is 26.2 Å². The molecule has 0 spiro atoms. The summed E-state index contributed by atoms with van der Waals surface area (Å²) in [6.07, 6.45) is 0. The van der Waals surface area contributed by atoms with Crippen LogP contribution in [0.3, 0.4) is 0 Å². The highest BCUT2D eigenvalue weighted by molar-refractivity contribution is 9.11. The van der Waals surface area contributed by atoms with Crippen LogP contribution in [-0.4, -0.2) is 25.0 Å². The van der Waals surface area contributed by atoms with Gasteiger partial charge in [-0.15, -0.1) is 0 Å². The third kappa shape index (κ3) is 6.83. The number of hydrogen-bond acceptors (Lipinski definition) is 4. The van der Waals surface area contributed by atoms with Crippen molar-refractivity contribution in [3.63, 3.8) is 0 Å². The second-order valence-electron chi connectivity index (χ2n) is 6.99. The number of ether oxygens (including phenoxy) is 2. The summed E-state index contributed by atoms with van der Waals surface area (Å²) in [5.41, 5.74) is 5.49. The molecule has 6 nitrogen and oxygen atoms in total. The quantitative estimate of drug-likeness (QED) is 0.570. The first-order valence-corrected chi connectivity index (χ1v) is 10.1. The lowest BCUT2D eigenvalue weighted by Crippen LogP contribution is -2.45. The molecule has 0 fully saturated rings. The summed E-state index contributed by atoms with van der Waals surface area (Å²) in [6.45, 7) is 5.75. The van der Waals surface area contributed by atoms with Crippen LogP contribution in [0.5, 0.6) is 11.5 Å². The maximum atomic E-state index is 11.9. The molecule has 0 heterocycles. The molecule has 0 aliphatic heterocycles. The summed E-state index contributed by atoms with van der Waals surface area (Å²) < 4.78 is 12.6. The predicted molar refractivity (Wildman–Crippen MR) is 114 cm³/mol. The third-order valence-electron chi connectivity index (χ3n) is 3.65. The van der Waals surface area contributed by atoms with E-state index in [-0.39, 0.29) is 18.6 Å². The van der Waals surface area contributed by atoms with E-state index in [9.17, 15) is 9.59 Å². The Kier molecular flexibility index (Phi) is 7.88. The molecule has 8 heteroatoms. The molecule has 2 amide bonds. The van der Waals surface area contributed by atoms with Crippen LogP contribution in [0.2, 0.25) is 0 Å². The van der Waals surface area contributed by atoms with E-state index in [1.54, 1.807) is 12.1 Å². The Morgan fingerprint density at radius 3 is 2.04 bits per heavy atom.